The molecular formula is C17H25ClN4O3. The predicted molar refractivity (Wildman–Crippen MR) is 98.7 cm³/mol. The number of carbonyl (C=O) groups is 3. The third-order valence-electron chi connectivity index (χ3n) is 3.87. The molecule has 4 amide bonds. The maximum absolute atomic E-state index is 12.1. The van der Waals surface area contributed by atoms with E-state index in [1.165, 1.54) is 9.80 Å². The fraction of sp³-hybridized carbons (Fsp3) is 0.471. The molecule has 1 aromatic rings. The number of likely N-dealkylation sites (N-methyl/N-ethyl adjacent to an activating group) is 1. The van der Waals surface area contributed by atoms with Gasteiger partial charge in [-0.25, -0.2) is 4.79 Å². The fourth-order valence-corrected chi connectivity index (χ4v) is 2.56. The summed E-state index contributed by atoms with van der Waals surface area (Å²) in [7, 11) is 1.59. The van der Waals surface area contributed by atoms with Gasteiger partial charge in [0.25, 0.3) is 0 Å². The molecule has 8 heteroatoms. The van der Waals surface area contributed by atoms with Crippen LogP contribution in [0.1, 0.15) is 25.3 Å². The van der Waals surface area contributed by atoms with E-state index < -0.39 is 0 Å². The zero-order valence-electron chi connectivity index (χ0n) is 14.6. The van der Waals surface area contributed by atoms with E-state index in [4.69, 9.17) is 0 Å². The van der Waals surface area contributed by atoms with Crippen molar-refractivity contribution in [1.29, 1.82) is 0 Å². The Hall–Kier alpha value is -2.12. The first-order chi connectivity index (χ1) is 11.5. The monoisotopic (exact) mass is 368 g/mol. The van der Waals surface area contributed by atoms with Crippen LogP contribution in [-0.4, -0.2) is 54.3 Å². The molecule has 1 aromatic carbocycles. The molecule has 2 rings (SSSR count). The van der Waals surface area contributed by atoms with Gasteiger partial charge in [-0.1, -0.05) is 25.1 Å². The van der Waals surface area contributed by atoms with E-state index in [0.717, 1.165) is 17.8 Å². The largest absolute Gasteiger partial charge is 0.326 e. The predicted octanol–water partition coefficient (Wildman–Crippen LogP) is 1.83. The van der Waals surface area contributed by atoms with Crippen LogP contribution in [-0.2, 0) is 16.1 Å². The van der Waals surface area contributed by atoms with E-state index in [2.05, 4.69) is 10.6 Å². The number of amides is 4. The highest BCUT2D eigenvalue weighted by Crippen LogP contribution is 2.15. The summed E-state index contributed by atoms with van der Waals surface area (Å²) in [4.78, 5) is 38.1. The average Bonchev–Trinajstić information content (AvgIpc) is 2.80. The number of imide groups is 1. The van der Waals surface area contributed by atoms with Crippen molar-refractivity contribution in [1.82, 2.24) is 15.1 Å². The van der Waals surface area contributed by atoms with Gasteiger partial charge in [0.05, 0.1) is 0 Å². The summed E-state index contributed by atoms with van der Waals surface area (Å²) < 4.78 is 0. The molecule has 0 spiro atoms. The molecule has 138 valence electrons. The van der Waals surface area contributed by atoms with Crippen LogP contribution in [0.4, 0.5) is 10.5 Å². The van der Waals surface area contributed by atoms with Gasteiger partial charge in [-0.3, -0.25) is 14.5 Å². The number of nitrogens with zero attached hydrogens (tertiary/aromatic N) is 2. The molecule has 1 heterocycles. The molecule has 1 aliphatic heterocycles. The van der Waals surface area contributed by atoms with Crippen molar-refractivity contribution in [3.63, 3.8) is 0 Å². The smallest absolute Gasteiger partial charge is 0.326 e. The quantitative estimate of drug-likeness (QED) is 0.686. The summed E-state index contributed by atoms with van der Waals surface area (Å²) >= 11 is 0. The van der Waals surface area contributed by atoms with E-state index in [0.29, 0.717) is 13.0 Å². The molecule has 0 aliphatic carbocycles. The minimum atomic E-state index is -0.295. The van der Waals surface area contributed by atoms with Crippen molar-refractivity contribution in [3.8, 4) is 0 Å². The van der Waals surface area contributed by atoms with E-state index in [9.17, 15) is 14.4 Å². The number of halogens is 1. The topological polar surface area (TPSA) is 81.8 Å². The number of anilines is 1. The van der Waals surface area contributed by atoms with E-state index >= 15 is 0 Å². The molecule has 1 saturated heterocycles. The second-order valence-electron chi connectivity index (χ2n) is 5.77. The van der Waals surface area contributed by atoms with Crippen molar-refractivity contribution in [2.45, 2.75) is 26.3 Å². The van der Waals surface area contributed by atoms with Gasteiger partial charge in [-0.2, -0.15) is 0 Å². The molecule has 2 N–H and O–H groups in total. The average molecular weight is 369 g/mol. The number of hydrogen-bond acceptors (Lipinski definition) is 4. The van der Waals surface area contributed by atoms with E-state index in [1.54, 1.807) is 7.05 Å². The Bertz CT molecular complexity index is 624. The second-order valence-corrected chi connectivity index (χ2v) is 5.77. The van der Waals surface area contributed by atoms with Gasteiger partial charge < -0.3 is 15.5 Å². The van der Waals surface area contributed by atoms with Crippen LogP contribution in [0.5, 0.6) is 0 Å². The molecule has 0 bridgehead atoms. The van der Waals surface area contributed by atoms with Gasteiger partial charge in [-0.05, 0) is 24.6 Å². The highest BCUT2D eigenvalue weighted by Gasteiger charge is 2.32. The van der Waals surface area contributed by atoms with E-state index in [-0.39, 0.29) is 49.8 Å². The van der Waals surface area contributed by atoms with Crippen LogP contribution in [0.15, 0.2) is 24.3 Å². The number of hydrogen-bond donors (Lipinski definition) is 2. The minimum Gasteiger partial charge on any atom is -0.326 e. The summed E-state index contributed by atoms with van der Waals surface area (Å²) in [6.07, 6.45) is 0.711. The molecular weight excluding hydrogens is 344 g/mol. The Morgan fingerprint density at radius 2 is 1.96 bits per heavy atom. The molecule has 0 saturated carbocycles. The lowest BCUT2D eigenvalue weighted by Crippen LogP contribution is -2.33. The van der Waals surface area contributed by atoms with Crippen molar-refractivity contribution >= 4 is 35.9 Å². The molecule has 25 heavy (non-hydrogen) atoms. The van der Waals surface area contributed by atoms with Crippen LogP contribution in [0.25, 0.3) is 0 Å². The van der Waals surface area contributed by atoms with Crippen molar-refractivity contribution in [3.05, 3.63) is 29.8 Å². The van der Waals surface area contributed by atoms with Gasteiger partial charge in [0.15, 0.2) is 0 Å². The highest BCUT2D eigenvalue weighted by atomic mass is 35.5. The van der Waals surface area contributed by atoms with Crippen LogP contribution in [0.3, 0.4) is 0 Å². The molecule has 0 unspecified atom stereocenters. The Kier molecular flexibility index (Phi) is 8.37. The summed E-state index contributed by atoms with van der Waals surface area (Å²) in [6, 6.07) is 7.35. The van der Waals surface area contributed by atoms with Crippen molar-refractivity contribution < 1.29 is 14.4 Å². The summed E-state index contributed by atoms with van der Waals surface area (Å²) in [6.45, 7) is 3.96. The Morgan fingerprint density at radius 1 is 1.24 bits per heavy atom. The van der Waals surface area contributed by atoms with Crippen molar-refractivity contribution in [2.75, 3.05) is 32.0 Å². The Morgan fingerprint density at radius 3 is 2.60 bits per heavy atom. The first kappa shape index (κ1) is 20.9. The highest BCUT2D eigenvalue weighted by molar-refractivity contribution is 6.01. The zero-order chi connectivity index (χ0) is 17.5. The van der Waals surface area contributed by atoms with Crippen LogP contribution in [0.2, 0.25) is 0 Å². The van der Waals surface area contributed by atoms with Gasteiger partial charge >= 0.3 is 6.03 Å². The third kappa shape index (κ3) is 5.72. The van der Waals surface area contributed by atoms with Gasteiger partial charge in [0.2, 0.25) is 11.8 Å². The second kappa shape index (κ2) is 10.0. The normalized spacial score (nSPS) is 13.8. The SMILES string of the molecule is CCNCc1ccccc1NC(=O)CCCN1C(=O)CN(C)C1=O.Cl. The van der Waals surface area contributed by atoms with Gasteiger partial charge in [0.1, 0.15) is 6.54 Å². The molecule has 1 fully saturated rings. The number of carbonyl (C=O) groups excluding carboxylic acids is 3. The lowest BCUT2D eigenvalue weighted by atomic mass is 10.1. The van der Waals surface area contributed by atoms with E-state index in [1.807, 2.05) is 31.2 Å². The standard InChI is InChI=1S/C17H24N4O3.ClH/c1-3-18-11-13-7-4-5-8-14(13)19-15(22)9-6-10-21-16(23)12-20(2)17(21)24;/h4-5,7-8,18H,3,6,9-12H2,1-2H3,(H,19,22);1H. The zero-order valence-corrected chi connectivity index (χ0v) is 15.4. The Balaban J connectivity index is 0.00000312. The number of benzene rings is 1. The first-order valence-corrected chi connectivity index (χ1v) is 8.17. The lowest BCUT2D eigenvalue weighted by Gasteiger charge is -2.14. The summed E-state index contributed by atoms with van der Waals surface area (Å²) in [5, 5.41) is 6.13. The maximum atomic E-state index is 12.1. The molecule has 0 aromatic heterocycles. The number of para-hydroxylation sites is 1. The molecule has 0 atom stereocenters. The maximum Gasteiger partial charge on any atom is 0.326 e. The number of urea groups is 1. The van der Waals surface area contributed by atoms with Crippen LogP contribution < -0.4 is 10.6 Å². The molecule has 0 radical (unpaired) electrons. The lowest BCUT2D eigenvalue weighted by molar-refractivity contribution is -0.125. The fourth-order valence-electron chi connectivity index (χ4n) is 2.56. The molecule has 7 nitrogen and oxygen atoms in total. The van der Waals surface area contributed by atoms with Crippen molar-refractivity contribution in [2.24, 2.45) is 0 Å². The Labute approximate surface area is 154 Å². The van der Waals surface area contributed by atoms with Gasteiger partial charge in [-0.15, -0.1) is 12.4 Å². The minimum absolute atomic E-state index is 0. The van der Waals surface area contributed by atoms with Gasteiger partial charge in [0, 0.05) is 32.2 Å². The summed E-state index contributed by atoms with van der Waals surface area (Å²) in [5.74, 6) is -0.328. The number of rotatable bonds is 8. The molecule has 1 aliphatic rings. The summed E-state index contributed by atoms with van der Waals surface area (Å²) in [5.41, 5.74) is 1.82. The third-order valence-corrected chi connectivity index (χ3v) is 3.87. The van der Waals surface area contributed by atoms with Crippen LogP contribution >= 0.6 is 12.4 Å². The number of nitrogens with one attached hydrogen (secondary N) is 2. The first-order valence-electron chi connectivity index (χ1n) is 8.17. The van der Waals surface area contributed by atoms with Crippen LogP contribution in [0, 0.1) is 0 Å².